The number of carbonyl (C=O) groups is 2. The Labute approximate surface area is 139 Å². The number of nitriles is 1. The van der Waals surface area contributed by atoms with Gasteiger partial charge >= 0.3 is 0 Å². The second-order valence-electron chi connectivity index (χ2n) is 6.60. The van der Waals surface area contributed by atoms with Crippen molar-refractivity contribution in [2.45, 2.75) is 50.5 Å². The quantitative estimate of drug-likeness (QED) is 0.920. The molecule has 5 nitrogen and oxygen atoms in total. The molecule has 1 aromatic carbocycles. The van der Waals surface area contributed by atoms with Crippen LogP contribution in [-0.2, 0) is 4.79 Å². The van der Waals surface area contributed by atoms with Gasteiger partial charge in [0.05, 0.1) is 11.6 Å². The average Bonchev–Trinajstić information content (AvgIpc) is 3.13. The number of nitrogens with one attached hydrogen (secondary N) is 1. The predicted octanol–water partition coefficient (Wildman–Crippen LogP) is 2.85. The maximum Gasteiger partial charge on any atom is 0.259 e. The number of ketones is 1. The monoisotopic (exact) mass is 330 g/mol. The Morgan fingerprint density at radius 2 is 2.17 bits per heavy atom. The lowest BCUT2D eigenvalue weighted by Gasteiger charge is -2.22. The van der Waals surface area contributed by atoms with Crippen molar-refractivity contribution < 1.29 is 18.7 Å². The fraction of sp³-hybridized carbons (Fsp3) is 0.500. The van der Waals surface area contributed by atoms with E-state index in [1.165, 1.54) is 12.1 Å². The molecule has 1 fully saturated rings. The van der Waals surface area contributed by atoms with Crippen LogP contribution in [-0.4, -0.2) is 23.8 Å². The van der Waals surface area contributed by atoms with E-state index >= 15 is 0 Å². The second kappa shape index (κ2) is 6.23. The maximum atomic E-state index is 13.9. The highest BCUT2D eigenvalue weighted by Crippen LogP contribution is 2.39. The molecule has 0 bridgehead atoms. The molecule has 1 atom stereocenters. The van der Waals surface area contributed by atoms with Crippen molar-refractivity contribution in [3.05, 3.63) is 29.1 Å². The molecule has 0 saturated heterocycles. The minimum atomic E-state index is -0.810. The summed E-state index contributed by atoms with van der Waals surface area (Å²) in [6.07, 6.45) is 3.34. The van der Waals surface area contributed by atoms with Crippen molar-refractivity contribution >= 4 is 11.7 Å². The van der Waals surface area contributed by atoms with Crippen molar-refractivity contribution in [2.24, 2.45) is 0 Å². The van der Waals surface area contributed by atoms with Crippen molar-refractivity contribution in [3.8, 4) is 11.8 Å². The minimum Gasteiger partial charge on any atom is -0.483 e. The molecule has 6 heteroatoms. The molecule has 0 radical (unpaired) electrons. The highest BCUT2D eigenvalue weighted by molar-refractivity contribution is 6.03. The first-order valence-electron chi connectivity index (χ1n) is 8.16. The molecule has 1 N–H and O–H groups in total. The van der Waals surface area contributed by atoms with Crippen LogP contribution in [0.15, 0.2) is 12.1 Å². The molecule has 0 aliphatic heterocycles. The topological polar surface area (TPSA) is 79.2 Å². The molecule has 0 unspecified atom stereocenters. The van der Waals surface area contributed by atoms with Crippen molar-refractivity contribution in [3.63, 3.8) is 0 Å². The molecule has 126 valence electrons. The lowest BCUT2D eigenvalue weighted by atomic mass is 10.00. The average molecular weight is 330 g/mol. The van der Waals surface area contributed by atoms with E-state index in [0.29, 0.717) is 18.4 Å². The molecule has 0 aromatic heterocycles. The van der Waals surface area contributed by atoms with Gasteiger partial charge in [-0.2, -0.15) is 5.26 Å². The maximum absolute atomic E-state index is 13.9. The summed E-state index contributed by atoms with van der Waals surface area (Å²) in [5, 5.41) is 12.0. The van der Waals surface area contributed by atoms with Crippen LogP contribution in [0, 0.1) is 17.1 Å². The molecule has 2 aliphatic rings. The van der Waals surface area contributed by atoms with E-state index in [4.69, 9.17) is 4.74 Å². The molecule has 24 heavy (non-hydrogen) atoms. The predicted molar refractivity (Wildman–Crippen MR) is 84.2 cm³/mol. The van der Waals surface area contributed by atoms with E-state index in [1.54, 1.807) is 6.92 Å². The molecule has 3 rings (SSSR count). The number of amides is 1. The highest BCUT2D eigenvalue weighted by atomic mass is 19.1. The highest BCUT2D eigenvalue weighted by Gasteiger charge is 2.36. The first-order chi connectivity index (χ1) is 11.5. The van der Waals surface area contributed by atoms with E-state index in [-0.39, 0.29) is 36.0 Å². The Morgan fingerprint density at radius 1 is 1.46 bits per heavy atom. The first-order valence-corrected chi connectivity index (χ1v) is 8.16. The number of halogens is 1. The van der Waals surface area contributed by atoms with Crippen LogP contribution in [0.25, 0.3) is 0 Å². The number of hydrogen-bond donors (Lipinski definition) is 1. The van der Waals surface area contributed by atoms with Crippen LogP contribution in [0.4, 0.5) is 4.39 Å². The Kier molecular flexibility index (Phi) is 4.27. The molecule has 1 amide bonds. The van der Waals surface area contributed by atoms with Crippen LogP contribution < -0.4 is 10.1 Å². The number of ether oxygens (including phenoxy) is 1. The number of hydrogen-bond acceptors (Lipinski definition) is 4. The van der Waals surface area contributed by atoms with E-state index in [9.17, 15) is 19.2 Å². The van der Waals surface area contributed by atoms with Gasteiger partial charge in [-0.05, 0) is 43.7 Å². The summed E-state index contributed by atoms with van der Waals surface area (Å²) in [6, 6.07) is 4.82. The summed E-state index contributed by atoms with van der Waals surface area (Å²) >= 11 is 0. The van der Waals surface area contributed by atoms with Gasteiger partial charge in [-0.15, -0.1) is 0 Å². The van der Waals surface area contributed by atoms with Crippen LogP contribution in [0.1, 0.15) is 60.9 Å². The van der Waals surface area contributed by atoms with Gasteiger partial charge in [0.25, 0.3) is 5.91 Å². The standard InChI is InChI=1S/C18H19FN2O3/c1-11-8-13(22)17-14(5-4-12(19)16(11)17)24-9-15(23)21-18(10-20)6-2-3-7-18/h4-5,11H,2-3,6-9H2,1H3,(H,21,23)/t11-/m0/s1. The van der Waals surface area contributed by atoms with Gasteiger partial charge < -0.3 is 10.1 Å². The molecule has 1 saturated carbocycles. The first kappa shape index (κ1) is 16.4. The summed E-state index contributed by atoms with van der Waals surface area (Å²) < 4.78 is 19.4. The van der Waals surface area contributed by atoms with Crippen molar-refractivity contribution in [1.82, 2.24) is 5.32 Å². The fourth-order valence-corrected chi connectivity index (χ4v) is 3.64. The van der Waals surface area contributed by atoms with Crippen LogP contribution >= 0.6 is 0 Å². The number of carbonyl (C=O) groups excluding carboxylic acids is 2. The normalized spacial score (nSPS) is 21.2. The summed E-state index contributed by atoms with van der Waals surface area (Å²) in [5.74, 6) is -0.959. The molecule has 0 spiro atoms. The Morgan fingerprint density at radius 3 is 2.83 bits per heavy atom. The van der Waals surface area contributed by atoms with Gasteiger partial charge in [-0.25, -0.2) is 4.39 Å². The van der Waals surface area contributed by atoms with E-state index in [1.807, 2.05) is 0 Å². The summed E-state index contributed by atoms with van der Waals surface area (Å²) in [4.78, 5) is 24.2. The van der Waals surface area contributed by atoms with Gasteiger partial charge in [0.1, 0.15) is 17.1 Å². The Bertz CT molecular complexity index is 733. The molecule has 0 heterocycles. The molecular formula is C18H19FN2O3. The number of fused-ring (bicyclic) bond motifs is 1. The SMILES string of the molecule is C[C@H]1CC(=O)c2c(OCC(=O)NC3(C#N)CCCC3)ccc(F)c21. The third-order valence-corrected chi connectivity index (χ3v) is 4.83. The van der Waals surface area contributed by atoms with Crippen molar-refractivity contribution in [2.75, 3.05) is 6.61 Å². The zero-order chi connectivity index (χ0) is 17.3. The number of benzene rings is 1. The zero-order valence-electron chi connectivity index (χ0n) is 13.5. The largest absolute Gasteiger partial charge is 0.483 e. The van der Waals surface area contributed by atoms with Gasteiger partial charge in [-0.1, -0.05) is 6.92 Å². The number of nitrogens with zero attached hydrogens (tertiary/aromatic N) is 1. The van der Waals surface area contributed by atoms with E-state index < -0.39 is 17.3 Å². The van der Waals surface area contributed by atoms with Gasteiger partial charge in [0.15, 0.2) is 12.4 Å². The van der Waals surface area contributed by atoms with Crippen LogP contribution in [0.2, 0.25) is 0 Å². The lowest BCUT2D eigenvalue weighted by molar-refractivity contribution is -0.124. The smallest absolute Gasteiger partial charge is 0.259 e. The second-order valence-corrected chi connectivity index (χ2v) is 6.60. The summed E-state index contributed by atoms with van der Waals surface area (Å²) in [6.45, 7) is 1.49. The third-order valence-electron chi connectivity index (χ3n) is 4.83. The number of rotatable bonds is 4. The van der Waals surface area contributed by atoms with Gasteiger partial charge in [-0.3, -0.25) is 9.59 Å². The van der Waals surface area contributed by atoms with E-state index in [0.717, 1.165) is 12.8 Å². The van der Waals surface area contributed by atoms with Crippen LogP contribution in [0.3, 0.4) is 0 Å². The van der Waals surface area contributed by atoms with Crippen LogP contribution in [0.5, 0.6) is 5.75 Å². The Hall–Kier alpha value is -2.42. The van der Waals surface area contributed by atoms with Crippen molar-refractivity contribution in [1.29, 1.82) is 5.26 Å². The molecule has 1 aromatic rings. The fourth-order valence-electron chi connectivity index (χ4n) is 3.64. The minimum absolute atomic E-state index is 0.170. The van der Waals surface area contributed by atoms with Gasteiger partial charge in [0.2, 0.25) is 0 Å². The third kappa shape index (κ3) is 2.86. The Balaban J connectivity index is 1.71. The molecular weight excluding hydrogens is 311 g/mol. The number of Topliss-reactive ketones (excluding diaryl/α,β-unsaturated/α-hetero) is 1. The zero-order valence-corrected chi connectivity index (χ0v) is 13.5. The summed E-state index contributed by atoms with van der Waals surface area (Å²) in [7, 11) is 0. The van der Waals surface area contributed by atoms with E-state index in [2.05, 4.69) is 11.4 Å². The summed E-state index contributed by atoms with van der Waals surface area (Å²) in [5.41, 5.74) is -0.205. The van der Waals surface area contributed by atoms with Gasteiger partial charge in [0, 0.05) is 12.0 Å². The lowest BCUT2D eigenvalue weighted by Crippen LogP contribution is -2.47. The molecule has 2 aliphatic carbocycles.